The Balaban J connectivity index is 1.82. The van der Waals surface area contributed by atoms with Gasteiger partial charge in [-0.1, -0.05) is 74.7 Å². The molecule has 47 heavy (non-hydrogen) atoms. The highest BCUT2D eigenvalue weighted by atomic mass is 19.4. The number of carbonyl (C=O) groups excluding carboxylic acids is 6. The molecule has 1 aliphatic heterocycles. The van der Waals surface area contributed by atoms with Gasteiger partial charge >= 0.3 is 18.1 Å². The molecule has 6 atom stereocenters. The number of primary amides is 1. The molecular weight excluding hydrogens is 621 g/mol. The maximum absolute atomic E-state index is 14.2. The summed E-state index contributed by atoms with van der Waals surface area (Å²) >= 11 is 0. The Labute approximate surface area is 274 Å². The second kappa shape index (κ2) is 13.3. The summed E-state index contributed by atoms with van der Waals surface area (Å²) in [6.07, 6.45) is -2.07. The van der Waals surface area contributed by atoms with Crippen LogP contribution in [0.3, 0.4) is 0 Å². The number of ketones is 1. The quantitative estimate of drug-likeness (QED) is 0.246. The van der Waals surface area contributed by atoms with E-state index in [1.807, 2.05) is 13.8 Å². The molecule has 2 aliphatic carbocycles. The maximum Gasteiger partial charge on any atom is 0.471 e. The Morgan fingerprint density at radius 1 is 0.936 bits per heavy atom. The van der Waals surface area contributed by atoms with Gasteiger partial charge in [-0.3, -0.25) is 24.0 Å². The first-order valence-electron chi connectivity index (χ1n) is 16.1. The molecule has 15 heteroatoms. The number of halogens is 3. The van der Waals surface area contributed by atoms with Crippen LogP contribution < -0.4 is 21.7 Å². The number of piperidine rings is 1. The fourth-order valence-electron chi connectivity index (χ4n) is 6.79. The highest BCUT2D eigenvalue weighted by Crippen LogP contribution is 2.65. The number of carbonyl (C=O) groups is 6. The van der Waals surface area contributed by atoms with E-state index < -0.39 is 83.2 Å². The third-order valence-corrected chi connectivity index (χ3v) is 10.2. The molecule has 0 aromatic carbocycles. The summed E-state index contributed by atoms with van der Waals surface area (Å²) in [5.74, 6) is -5.27. The zero-order valence-electron chi connectivity index (χ0n) is 28.8. The summed E-state index contributed by atoms with van der Waals surface area (Å²) in [6, 6.07) is -4.99. The molecule has 0 radical (unpaired) electrons. The number of nitrogens with one attached hydrogen (secondary N) is 3. The zero-order chi connectivity index (χ0) is 36.0. The standard InChI is InChI=1S/C32H51F3N6O6/c1-29(2,3)19(15-40(9)27(46)32(33,34)35)38-28(47)39-23(30(4,5)6)26(45)41-14-17-20(31(17,7)8)21(41)25(44)37-18(22(42)24(36)43)13-16-11-10-12-16/h16-21,23H,10-15H2,1-9H3,(H2,36,43)(H,37,44)(H2,38,39,47)/t17-,18?,19+,20-,21-,23+/m0/s1. The van der Waals surface area contributed by atoms with Crippen molar-refractivity contribution in [1.82, 2.24) is 25.8 Å². The molecule has 266 valence electrons. The van der Waals surface area contributed by atoms with Crippen molar-refractivity contribution >= 4 is 35.4 Å². The maximum atomic E-state index is 14.2. The lowest BCUT2D eigenvalue weighted by atomic mass is 9.80. The van der Waals surface area contributed by atoms with Gasteiger partial charge < -0.3 is 31.5 Å². The first kappa shape index (κ1) is 38.1. The van der Waals surface area contributed by atoms with Gasteiger partial charge in [-0.2, -0.15) is 13.2 Å². The number of amides is 6. The predicted octanol–water partition coefficient (Wildman–Crippen LogP) is 2.35. The lowest BCUT2D eigenvalue weighted by Crippen LogP contribution is -2.63. The number of hydrogen-bond acceptors (Lipinski definition) is 6. The van der Waals surface area contributed by atoms with Crippen LogP contribution in [0.1, 0.15) is 81.1 Å². The van der Waals surface area contributed by atoms with Crippen LogP contribution in [-0.4, -0.2) is 95.7 Å². The van der Waals surface area contributed by atoms with Crippen LogP contribution >= 0.6 is 0 Å². The number of rotatable bonds is 11. The van der Waals surface area contributed by atoms with E-state index in [2.05, 4.69) is 16.0 Å². The monoisotopic (exact) mass is 672 g/mol. The molecule has 1 heterocycles. The lowest BCUT2D eigenvalue weighted by molar-refractivity contribution is -0.184. The van der Waals surface area contributed by atoms with Gasteiger partial charge in [0.05, 0.1) is 12.1 Å². The van der Waals surface area contributed by atoms with E-state index in [1.54, 1.807) is 41.5 Å². The number of alkyl halides is 3. The minimum Gasteiger partial charge on any atom is -0.363 e. The SMILES string of the molecule is CN(C[C@@H](NC(=O)N[C@H](C(=O)N1C[C@H]2[C@@H]([C@H]1C(=O)NC(CC1CCC1)C(=O)C(N)=O)C2(C)C)C(C)(C)C)C(C)(C)C)C(=O)C(F)(F)F. The van der Waals surface area contributed by atoms with Gasteiger partial charge in [-0.05, 0) is 40.4 Å². The second-order valence-corrected chi connectivity index (χ2v) is 16.2. The Morgan fingerprint density at radius 2 is 1.51 bits per heavy atom. The van der Waals surface area contributed by atoms with E-state index in [0.29, 0.717) is 4.90 Å². The summed E-state index contributed by atoms with van der Waals surface area (Å²) in [5.41, 5.74) is 3.38. The van der Waals surface area contributed by atoms with Crippen LogP contribution in [0.25, 0.3) is 0 Å². The summed E-state index contributed by atoms with van der Waals surface area (Å²) in [4.78, 5) is 79.6. The zero-order valence-corrected chi connectivity index (χ0v) is 28.8. The highest BCUT2D eigenvalue weighted by molar-refractivity contribution is 6.37. The van der Waals surface area contributed by atoms with Crippen LogP contribution in [0.5, 0.6) is 0 Å². The van der Waals surface area contributed by atoms with Gasteiger partial charge in [0.15, 0.2) is 0 Å². The fourth-order valence-corrected chi connectivity index (χ4v) is 6.79. The number of likely N-dealkylation sites (tertiary alicyclic amines) is 1. The van der Waals surface area contributed by atoms with Crippen molar-refractivity contribution in [2.75, 3.05) is 20.1 Å². The van der Waals surface area contributed by atoms with Crippen molar-refractivity contribution < 1.29 is 41.9 Å². The van der Waals surface area contributed by atoms with Crippen molar-refractivity contribution in [1.29, 1.82) is 0 Å². The Kier molecular flexibility index (Phi) is 10.7. The number of urea groups is 1. The Hall–Kier alpha value is -3.39. The number of nitrogens with zero attached hydrogens (tertiary/aromatic N) is 2. The normalized spacial score (nSPS) is 24.2. The molecule has 6 amide bonds. The van der Waals surface area contributed by atoms with Crippen molar-refractivity contribution in [2.45, 2.75) is 111 Å². The third kappa shape index (κ3) is 8.56. The molecular formula is C32H51F3N6O6. The van der Waals surface area contributed by atoms with E-state index in [-0.39, 0.29) is 36.1 Å². The summed E-state index contributed by atoms with van der Waals surface area (Å²) in [6.45, 7) is 14.0. The lowest BCUT2D eigenvalue weighted by Gasteiger charge is -2.39. The fraction of sp³-hybridized carbons (Fsp3) is 0.812. The van der Waals surface area contributed by atoms with E-state index in [4.69, 9.17) is 5.73 Å². The van der Waals surface area contributed by atoms with Crippen LogP contribution in [0, 0.1) is 34.0 Å². The molecule has 3 fully saturated rings. The Bertz CT molecular complexity index is 1270. The number of hydrogen-bond donors (Lipinski definition) is 4. The highest BCUT2D eigenvalue weighted by Gasteiger charge is 2.70. The van der Waals surface area contributed by atoms with E-state index in [1.165, 1.54) is 4.90 Å². The number of nitrogens with two attached hydrogens (primary N) is 1. The predicted molar refractivity (Wildman–Crippen MR) is 166 cm³/mol. The van der Waals surface area contributed by atoms with E-state index >= 15 is 0 Å². The van der Waals surface area contributed by atoms with Crippen molar-refractivity contribution in [3.63, 3.8) is 0 Å². The molecule has 1 unspecified atom stereocenters. The van der Waals surface area contributed by atoms with Crippen molar-refractivity contribution in [3.8, 4) is 0 Å². The van der Waals surface area contributed by atoms with Gasteiger partial charge in [0.2, 0.25) is 17.6 Å². The van der Waals surface area contributed by atoms with Crippen LogP contribution in [0.15, 0.2) is 0 Å². The third-order valence-electron chi connectivity index (χ3n) is 10.2. The van der Waals surface area contributed by atoms with Gasteiger partial charge in [0.1, 0.15) is 12.1 Å². The van der Waals surface area contributed by atoms with E-state index in [9.17, 15) is 41.9 Å². The molecule has 0 aromatic rings. The number of Topliss-reactive ketones (excluding diaryl/α,β-unsaturated/α-hetero) is 1. The van der Waals surface area contributed by atoms with Gasteiger partial charge in [0, 0.05) is 20.1 Å². The largest absolute Gasteiger partial charge is 0.471 e. The second-order valence-electron chi connectivity index (χ2n) is 16.2. The van der Waals surface area contributed by atoms with Gasteiger partial charge in [-0.15, -0.1) is 0 Å². The first-order chi connectivity index (χ1) is 21.3. The summed E-state index contributed by atoms with van der Waals surface area (Å²) in [5, 5.41) is 8.05. The molecule has 12 nitrogen and oxygen atoms in total. The van der Waals surface area contributed by atoms with Gasteiger partial charge in [0.25, 0.3) is 5.91 Å². The summed E-state index contributed by atoms with van der Waals surface area (Å²) in [7, 11) is 0.995. The topological polar surface area (TPSA) is 171 Å². The van der Waals surface area contributed by atoms with Crippen LogP contribution in [-0.2, 0) is 24.0 Å². The van der Waals surface area contributed by atoms with Gasteiger partial charge in [-0.25, -0.2) is 4.79 Å². The van der Waals surface area contributed by atoms with E-state index in [0.717, 1.165) is 26.3 Å². The molecule has 0 aromatic heterocycles. The molecule has 3 aliphatic rings. The molecule has 3 rings (SSSR count). The average Bonchev–Trinajstić information content (AvgIpc) is 3.22. The molecule has 5 N–H and O–H groups in total. The summed E-state index contributed by atoms with van der Waals surface area (Å²) < 4.78 is 39.1. The van der Waals surface area contributed by atoms with Crippen molar-refractivity contribution in [2.24, 2.45) is 39.7 Å². The number of likely N-dealkylation sites (N-methyl/N-ethyl adjacent to an activating group) is 1. The molecule has 1 saturated heterocycles. The van der Waals surface area contributed by atoms with Crippen LogP contribution in [0.4, 0.5) is 18.0 Å². The molecule has 0 spiro atoms. The molecule has 2 saturated carbocycles. The minimum atomic E-state index is -5.08. The first-order valence-corrected chi connectivity index (χ1v) is 16.1. The Morgan fingerprint density at radius 3 is 1.96 bits per heavy atom. The molecule has 0 bridgehead atoms. The van der Waals surface area contributed by atoms with Crippen LogP contribution in [0.2, 0.25) is 0 Å². The smallest absolute Gasteiger partial charge is 0.363 e. The minimum absolute atomic E-state index is 0.0134. The van der Waals surface area contributed by atoms with Crippen molar-refractivity contribution in [3.05, 3.63) is 0 Å². The average molecular weight is 673 g/mol. The number of fused-ring (bicyclic) bond motifs is 1.